The third kappa shape index (κ3) is 3.30. The highest BCUT2D eigenvalue weighted by molar-refractivity contribution is 5.78. The molecule has 0 bridgehead atoms. The highest BCUT2D eigenvalue weighted by atomic mass is 19.4. The largest absolute Gasteiger partial charge is 0.423 e. The monoisotopic (exact) mass is 273 g/mol. The third-order valence-corrected chi connectivity index (χ3v) is 2.54. The Kier molecular flexibility index (Phi) is 3.55. The molecular weight excluding hydrogens is 259 g/mol. The molecular formula is C12H14F3N3O. The van der Waals surface area contributed by atoms with Crippen molar-refractivity contribution in [2.75, 3.05) is 23.7 Å². The van der Waals surface area contributed by atoms with Gasteiger partial charge < -0.3 is 15.1 Å². The van der Waals surface area contributed by atoms with Crippen LogP contribution in [-0.2, 0) is 0 Å². The maximum atomic E-state index is 12.5. The molecule has 0 aliphatic heterocycles. The third-order valence-electron chi connectivity index (χ3n) is 2.54. The highest BCUT2D eigenvalue weighted by Gasteiger charge is 2.32. The van der Waals surface area contributed by atoms with Crippen molar-refractivity contribution in [1.82, 2.24) is 4.98 Å². The van der Waals surface area contributed by atoms with Crippen LogP contribution in [-0.4, -0.2) is 24.2 Å². The first-order valence-corrected chi connectivity index (χ1v) is 5.87. The van der Waals surface area contributed by atoms with Gasteiger partial charge in [-0.25, -0.2) is 0 Å². The number of anilines is 2. The molecule has 0 unspecified atom stereocenters. The van der Waals surface area contributed by atoms with E-state index in [4.69, 9.17) is 10.2 Å². The van der Waals surface area contributed by atoms with E-state index in [2.05, 4.69) is 4.98 Å². The number of nitrogens with two attached hydrogens (primary N) is 1. The molecule has 4 nitrogen and oxygen atoms in total. The molecule has 104 valence electrons. The van der Waals surface area contributed by atoms with E-state index < -0.39 is 12.7 Å². The number of benzene rings is 1. The number of halogens is 3. The van der Waals surface area contributed by atoms with Crippen molar-refractivity contribution in [3.63, 3.8) is 0 Å². The Bertz CT molecular complexity index is 565. The first-order valence-electron chi connectivity index (χ1n) is 5.87. The molecule has 0 aliphatic rings. The van der Waals surface area contributed by atoms with Gasteiger partial charge in [0, 0.05) is 18.3 Å². The summed E-state index contributed by atoms with van der Waals surface area (Å²) >= 11 is 0. The van der Waals surface area contributed by atoms with Gasteiger partial charge in [-0.05, 0) is 18.6 Å². The van der Waals surface area contributed by atoms with Crippen molar-refractivity contribution in [1.29, 1.82) is 0 Å². The zero-order chi connectivity index (χ0) is 14.0. The van der Waals surface area contributed by atoms with E-state index in [1.807, 2.05) is 0 Å². The molecule has 1 heterocycles. The second-order valence-electron chi connectivity index (χ2n) is 4.26. The molecule has 1 aromatic heterocycles. The average Bonchev–Trinajstić information content (AvgIpc) is 2.69. The minimum Gasteiger partial charge on any atom is -0.423 e. The number of nitrogen functional groups attached to an aromatic ring is 1. The normalized spacial score (nSPS) is 12.0. The van der Waals surface area contributed by atoms with E-state index in [1.165, 1.54) is 0 Å². The van der Waals surface area contributed by atoms with Gasteiger partial charge in [-0.2, -0.15) is 18.2 Å². The number of hydrogen-bond acceptors (Lipinski definition) is 4. The first kappa shape index (κ1) is 13.5. The summed E-state index contributed by atoms with van der Waals surface area (Å²) in [4.78, 5) is 5.14. The average molecular weight is 273 g/mol. The summed E-state index contributed by atoms with van der Waals surface area (Å²) in [6, 6.07) is 4.77. The van der Waals surface area contributed by atoms with E-state index in [1.54, 1.807) is 25.1 Å². The molecule has 0 fully saturated rings. The van der Waals surface area contributed by atoms with Crippen LogP contribution in [0.15, 0.2) is 22.6 Å². The summed E-state index contributed by atoms with van der Waals surface area (Å²) in [5, 5.41) is 0. The lowest BCUT2D eigenvalue weighted by molar-refractivity contribution is -0.120. The van der Waals surface area contributed by atoms with Crippen molar-refractivity contribution in [3.05, 3.63) is 18.2 Å². The Morgan fingerprint density at radius 2 is 2.11 bits per heavy atom. The number of rotatable bonds is 4. The van der Waals surface area contributed by atoms with Gasteiger partial charge in [-0.15, -0.1) is 0 Å². The molecule has 0 aliphatic carbocycles. The second-order valence-corrected chi connectivity index (χ2v) is 4.26. The molecule has 19 heavy (non-hydrogen) atoms. The van der Waals surface area contributed by atoms with Crippen LogP contribution in [0.25, 0.3) is 11.1 Å². The van der Waals surface area contributed by atoms with E-state index in [0.717, 1.165) is 4.90 Å². The van der Waals surface area contributed by atoms with Crippen LogP contribution in [0.2, 0.25) is 0 Å². The van der Waals surface area contributed by atoms with Gasteiger partial charge >= 0.3 is 6.18 Å². The number of fused-ring (bicyclic) bond motifs is 1. The molecule has 2 aromatic rings. The number of oxazole rings is 1. The molecule has 1 aromatic carbocycles. The van der Waals surface area contributed by atoms with E-state index in [0.29, 0.717) is 23.2 Å². The maximum Gasteiger partial charge on any atom is 0.406 e. The number of hydrogen-bond donors (Lipinski definition) is 1. The van der Waals surface area contributed by atoms with Crippen LogP contribution in [0.5, 0.6) is 0 Å². The number of alkyl halides is 3. The predicted octanol–water partition coefficient (Wildman–Crippen LogP) is 3.19. The zero-order valence-electron chi connectivity index (χ0n) is 10.4. The molecule has 7 heteroatoms. The summed E-state index contributed by atoms with van der Waals surface area (Å²) in [5.74, 6) is 0. The van der Waals surface area contributed by atoms with Crippen molar-refractivity contribution in [2.45, 2.75) is 19.5 Å². The summed E-state index contributed by atoms with van der Waals surface area (Å²) in [7, 11) is 0. The topological polar surface area (TPSA) is 55.3 Å². The molecule has 0 saturated heterocycles. The first-order chi connectivity index (χ1) is 8.89. The zero-order valence-corrected chi connectivity index (χ0v) is 10.4. The number of nitrogens with zero attached hydrogens (tertiary/aromatic N) is 2. The van der Waals surface area contributed by atoms with Crippen LogP contribution in [0.1, 0.15) is 13.3 Å². The number of aromatic nitrogens is 1. The molecule has 0 amide bonds. The van der Waals surface area contributed by atoms with Gasteiger partial charge in [0.2, 0.25) is 0 Å². The minimum absolute atomic E-state index is 0.0280. The van der Waals surface area contributed by atoms with Gasteiger partial charge in [-0.3, -0.25) is 0 Å². The molecule has 0 atom stereocenters. The van der Waals surface area contributed by atoms with Crippen molar-refractivity contribution in [2.24, 2.45) is 0 Å². The Labute approximate surface area is 108 Å². The Balaban J connectivity index is 2.33. The van der Waals surface area contributed by atoms with Crippen LogP contribution in [0, 0.1) is 0 Å². The molecule has 2 rings (SSSR count). The van der Waals surface area contributed by atoms with Gasteiger partial charge in [0.1, 0.15) is 12.1 Å². The van der Waals surface area contributed by atoms with Crippen molar-refractivity contribution < 1.29 is 17.6 Å². The van der Waals surface area contributed by atoms with Crippen LogP contribution in [0.3, 0.4) is 0 Å². The Morgan fingerprint density at radius 3 is 2.74 bits per heavy atom. The fourth-order valence-electron chi connectivity index (χ4n) is 1.79. The van der Waals surface area contributed by atoms with Gasteiger partial charge in [0.05, 0.1) is 0 Å². The second kappa shape index (κ2) is 4.99. The van der Waals surface area contributed by atoms with Crippen LogP contribution >= 0.6 is 0 Å². The van der Waals surface area contributed by atoms with Crippen molar-refractivity contribution >= 4 is 22.8 Å². The smallest absolute Gasteiger partial charge is 0.406 e. The molecule has 0 saturated carbocycles. The van der Waals surface area contributed by atoms with E-state index in [9.17, 15) is 13.2 Å². The van der Waals surface area contributed by atoms with E-state index >= 15 is 0 Å². The Morgan fingerprint density at radius 1 is 1.37 bits per heavy atom. The molecule has 2 N–H and O–H groups in total. The van der Waals surface area contributed by atoms with Gasteiger partial charge in [0.15, 0.2) is 5.58 Å². The van der Waals surface area contributed by atoms with E-state index in [-0.39, 0.29) is 12.6 Å². The standard InChI is InChI=1S/C12H14F3N3O/c1-2-5-18(7-12(13,14)15)11-17-9-4-3-8(16)6-10(9)19-11/h3-4,6H,2,5,7,16H2,1H3. The summed E-state index contributed by atoms with van der Waals surface area (Å²) in [6.07, 6.45) is -3.73. The van der Waals surface area contributed by atoms with Crippen LogP contribution in [0.4, 0.5) is 24.9 Å². The van der Waals surface area contributed by atoms with Crippen molar-refractivity contribution in [3.8, 4) is 0 Å². The Hall–Kier alpha value is -1.92. The maximum absolute atomic E-state index is 12.5. The summed E-state index contributed by atoms with van der Waals surface area (Å²) in [5.41, 5.74) is 6.95. The SMILES string of the molecule is CCCN(CC(F)(F)F)c1nc2ccc(N)cc2o1. The molecule has 0 spiro atoms. The fourth-order valence-corrected chi connectivity index (χ4v) is 1.79. The minimum atomic E-state index is -4.30. The summed E-state index contributed by atoms with van der Waals surface area (Å²) < 4.78 is 42.9. The van der Waals surface area contributed by atoms with Crippen LogP contribution < -0.4 is 10.6 Å². The quantitative estimate of drug-likeness (QED) is 0.869. The lowest BCUT2D eigenvalue weighted by Crippen LogP contribution is -2.35. The lowest BCUT2D eigenvalue weighted by Gasteiger charge is -2.21. The highest BCUT2D eigenvalue weighted by Crippen LogP contribution is 2.26. The van der Waals surface area contributed by atoms with Gasteiger partial charge in [-0.1, -0.05) is 6.92 Å². The fraction of sp³-hybridized carbons (Fsp3) is 0.417. The lowest BCUT2D eigenvalue weighted by atomic mass is 10.3. The predicted molar refractivity (Wildman–Crippen MR) is 67.0 cm³/mol. The molecule has 0 radical (unpaired) electrons. The summed E-state index contributed by atoms with van der Waals surface area (Å²) in [6.45, 7) is 0.939. The van der Waals surface area contributed by atoms with Gasteiger partial charge in [0.25, 0.3) is 6.01 Å².